The summed E-state index contributed by atoms with van der Waals surface area (Å²) in [6.45, 7) is 3.48. The largest absolute Gasteiger partial charge is 0.393 e. The van der Waals surface area contributed by atoms with Gasteiger partial charge in [0.25, 0.3) is 5.91 Å². The molecule has 0 radical (unpaired) electrons. The van der Waals surface area contributed by atoms with Crippen LogP contribution in [0.2, 0.25) is 5.02 Å². The molecule has 0 aliphatic rings. The number of fused-ring (bicyclic) bond motifs is 1. The number of benzene rings is 1. The molecule has 0 fully saturated rings. The third-order valence-corrected chi connectivity index (χ3v) is 4.53. The predicted molar refractivity (Wildman–Crippen MR) is 80.0 cm³/mol. The van der Waals surface area contributed by atoms with Crippen molar-refractivity contribution in [1.82, 2.24) is 5.32 Å². The first kappa shape index (κ1) is 15.2. The third-order valence-electron chi connectivity index (χ3n) is 2.87. The number of hydrogen-bond donors (Lipinski definition) is 2. The summed E-state index contributed by atoms with van der Waals surface area (Å²) in [6.07, 6.45) is -0.0274. The van der Waals surface area contributed by atoms with Crippen molar-refractivity contribution in [1.29, 1.82) is 0 Å². The molecule has 108 valence electrons. The molecule has 1 aromatic carbocycles. The van der Waals surface area contributed by atoms with E-state index in [1.807, 2.05) is 6.92 Å². The van der Waals surface area contributed by atoms with Crippen LogP contribution in [-0.4, -0.2) is 23.2 Å². The SMILES string of the molecule is CC(O)CC(C)NC(=O)c1sc2cc(F)ccc2c1Cl. The summed E-state index contributed by atoms with van der Waals surface area (Å²) in [5, 5.41) is 13.1. The zero-order valence-electron chi connectivity index (χ0n) is 11.1. The maximum absolute atomic E-state index is 13.2. The van der Waals surface area contributed by atoms with Crippen LogP contribution in [0.1, 0.15) is 29.9 Å². The Hall–Kier alpha value is -1.17. The molecular weight excluding hydrogens is 301 g/mol. The van der Waals surface area contributed by atoms with Gasteiger partial charge in [-0.3, -0.25) is 4.79 Å². The topological polar surface area (TPSA) is 49.3 Å². The van der Waals surface area contributed by atoms with Crippen LogP contribution in [0.3, 0.4) is 0 Å². The zero-order chi connectivity index (χ0) is 14.9. The number of carbonyl (C=O) groups excluding carboxylic acids is 1. The molecule has 2 unspecified atom stereocenters. The van der Waals surface area contributed by atoms with E-state index in [0.717, 1.165) is 11.3 Å². The average molecular weight is 316 g/mol. The second-order valence-electron chi connectivity index (χ2n) is 4.84. The fourth-order valence-electron chi connectivity index (χ4n) is 2.04. The summed E-state index contributed by atoms with van der Waals surface area (Å²) in [5.41, 5.74) is 0. The fraction of sp³-hybridized carbons (Fsp3) is 0.357. The summed E-state index contributed by atoms with van der Waals surface area (Å²) in [6, 6.07) is 4.08. The number of thiophene rings is 1. The molecule has 1 amide bonds. The minimum absolute atomic E-state index is 0.166. The molecule has 0 aliphatic carbocycles. The molecule has 2 rings (SSSR count). The van der Waals surface area contributed by atoms with E-state index in [1.165, 1.54) is 12.1 Å². The smallest absolute Gasteiger partial charge is 0.263 e. The van der Waals surface area contributed by atoms with Gasteiger partial charge in [0.15, 0.2) is 0 Å². The van der Waals surface area contributed by atoms with Crippen LogP contribution in [0.15, 0.2) is 18.2 Å². The summed E-state index contributed by atoms with van der Waals surface area (Å²) < 4.78 is 13.8. The van der Waals surface area contributed by atoms with E-state index in [-0.39, 0.29) is 17.8 Å². The lowest BCUT2D eigenvalue weighted by molar-refractivity contribution is 0.0927. The molecule has 0 saturated heterocycles. The monoisotopic (exact) mass is 315 g/mol. The molecule has 0 saturated carbocycles. The Kier molecular flexibility index (Phi) is 4.62. The number of halogens is 2. The van der Waals surface area contributed by atoms with Crippen LogP contribution in [0.25, 0.3) is 10.1 Å². The standard InChI is InChI=1S/C14H15ClFNO2S/c1-7(5-8(2)18)17-14(19)13-12(15)10-4-3-9(16)6-11(10)20-13/h3-4,6-8,18H,5H2,1-2H3,(H,17,19). The van der Waals surface area contributed by atoms with Gasteiger partial charge in [0.2, 0.25) is 0 Å². The molecule has 3 nitrogen and oxygen atoms in total. The molecule has 2 aromatic rings. The number of carbonyl (C=O) groups is 1. The zero-order valence-corrected chi connectivity index (χ0v) is 12.7. The molecule has 1 aromatic heterocycles. The van der Waals surface area contributed by atoms with Gasteiger partial charge < -0.3 is 10.4 Å². The van der Waals surface area contributed by atoms with Gasteiger partial charge in [-0.1, -0.05) is 11.6 Å². The Morgan fingerprint density at radius 3 is 2.85 bits per heavy atom. The predicted octanol–water partition coefficient (Wildman–Crippen LogP) is 3.58. The first-order valence-corrected chi connectivity index (χ1v) is 7.44. The Balaban J connectivity index is 2.24. The van der Waals surface area contributed by atoms with E-state index in [1.54, 1.807) is 13.0 Å². The normalized spacial score (nSPS) is 14.2. The molecule has 2 N–H and O–H groups in total. The van der Waals surface area contributed by atoms with Crippen LogP contribution in [0.5, 0.6) is 0 Å². The van der Waals surface area contributed by atoms with Gasteiger partial charge >= 0.3 is 0 Å². The average Bonchev–Trinajstić information content (AvgIpc) is 2.65. The van der Waals surface area contributed by atoms with Crippen LogP contribution in [0.4, 0.5) is 4.39 Å². The van der Waals surface area contributed by atoms with Crippen LogP contribution in [0, 0.1) is 5.82 Å². The Bertz CT molecular complexity index is 641. The first-order valence-electron chi connectivity index (χ1n) is 6.25. The van der Waals surface area contributed by atoms with E-state index in [2.05, 4.69) is 5.32 Å². The number of aliphatic hydroxyl groups is 1. The van der Waals surface area contributed by atoms with Crippen LogP contribution >= 0.6 is 22.9 Å². The molecule has 0 bridgehead atoms. The van der Waals surface area contributed by atoms with E-state index in [4.69, 9.17) is 11.6 Å². The molecule has 6 heteroatoms. The van der Waals surface area contributed by atoms with Crippen molar-refractivity contribution >= 4 is 38.9 Å². The van der Waals surface area contributed by atoms with Crippen molar-refractivity contribution in [2.45, 2.75) is 32.4 Å². The highest BCUT2D eigenvalue weighted by Gasteiger charge is 2.19. The molecule has 0 aliphatic heterocycles. The van der Waals surface area contributed by atoms with Crippen molar-refractivity contribution in [3.63, 3.8) is 0 Å². The van der Waals surface area contributed by atoms with Crippen molar-refractivity contribution in [2.75, 3.05) is 0 Å². The second-order valence-corrected chi connectivity index (χ2v) is 6.28. The number of rotatable bonds is 4. The van der Waals surface area contributed by atoms with Gasteiger partial charge in [0.05, 0.1) is 11.1 Å². The van der Waals surface area contributed by atoms with E-state index in [9.17, 15) is 14.3 Å². The second kappa shape index (κ2) is 6.08. The Morgan fingerprint density at radius 2 is 2.20 bits per heavy atom. The van der Waals surface area contributed by atoms with Crippen LogP contribution < -0.4 is 5.32 Å². The molecular formula is C14H15ClFNO2S. The van der Waals surface area contributed by atoms with E-state index in [0.29, 0.717) is 26.4 Å². The third kappa shape index (κ3) is 3.29. The van der Waals surface area contributed by atoms with Gasteiger partial charge in [-0.15, -0.1) is 11.3 Å². The van der Waals surface area contributed by atoms with Gasteiger partial charge in [0.1, 0.15) is 10.7 Å². The lowest BCUT2D eigenvalue weighted by Gasteiger charge is -2.14. The molecule has 20 heavy (non-hydrogen) atoms. The lowest BCUT2D eigenvalue weighted by atomic mass is 10.1. The highest BCUT2D eigenvalue weighted by atomic mass is 35.5. The number of amides is 1. The fourth-order valence-corrected chi connectivity index (χ4v) is 3.49. The molecule has 0 spiro atoms. The minimum Gasteiger partial charge on any atom is -0.393 e. The maximum Gasteiger partial charge on any atom is 0.263 e. The summed E-state index contributed by atoms with van der Waals surface area (Å²) in [4.78, 5) is 12.5. The van der Waals surface area contributed by atoms with Gasteiger partial charge in [0, 0.05) is 16.1 Å². The molecule has 2 atom stereocenters. The van der Waals surface area contributed by atoms with Crippen molar-refractivity contribution in [3.05, 3.63) is 33.9 Å². The van der Waals surface area contributed by atoms with E-state index >= 15 is 0 Å². The van der Waals surface area contributed by atoms with Crippen LogP contribution in [-0.2, 0) is 0 Å². The number of aliphatic hydroxyl groups excluding tert-OH is 1. The highest BCUT2D eigenvalue weighted by molar-refractivity contribution is 7.21. The minimum atomic E-state index is -0.489. The Morgan fingerprint density at radius 1 is 1.50 bits per heavy atom. The van der Waals surface area contributed by atoms with E-state index < -0.39 is 6.10 Å². The van der Waals surface area contributed by atoms with Gasteiger partial charge in [-0.2, -0.15) is 0 Å². The van der Waals surface area contributed by atoms with Crippen molar-refractivity contribution < 1.29 is 14.3 Å². The quantitative estimate of drug-likeness (QED) is 0.906. The van der Waals surface area contributed by atoms with Gasteiger partial charge in [-0.05, 0) is 38.5 Å². The Labute approximate surface area is 125 Å². The summed E-state index contributed by atoms with van der Waals surface area (Å²) in [5.74, 6) is -0.658. The summed E-state index contributed by atoms with van der Waals surface area (Å²) >= 11 is 7.33. The van der Waals surface area contributed by atoms with Crippen molar-refractivity contribution in [3.8, 4) is 0 Å². The number of hydrogen-bond acceptors (Lipinski definition) is 3. The highest BCUT2D eigenvalue weighted by Crippen LogP contribution is 2.35. The number of nitrogens with one attached hydrogen (secondary N) is 1. The maximum atomic E-state index is 13.2. The van der Waals surface area contributed by atoms with Gasteiger partial charge in [-0.25, -0.2) is 4.39 Å². The molecule has 1 heterocycles. The van der Waals surface area contributed by atoms with Crippen molar-refractivity contribution in [2.24, 2.45) is 0 Å². The first-order chi connectivity index (χ1) is 9.38. The lowest BCUT2D eigenvalue weighted by Crippen LogP contribution is -2.34. The summed E-state index contributed by atoms with van der Waals surface area (Å²) in [7, 11) is 0.